The van der Waals surface area contributed by atoms with Crippen LogP contribution in [0.1, 0.15) is 17.6 Å². The predicted octanol–water partition coefficient (Wildman–Crippen LogP) is 1.64. The van der Waals surface area contributed by atoms with Crippen molar-refractivity contribution < 1.29 is 4.79 Å². The van der Waals surface area contributed by atoms with Crippen molar-refractivity contribution in [2.45, 2.75) is 13.0 Å². The fraction of sp³-hybridized carbons (Fsp3) is 0.438. The maximum atomic E-state index is 12.5. The molecule has 1 fully saturated rings. The second kappa shape index (κ2) is 6.37. The molecular formula is C16H22N6O. The summed E-state index contributed by atoms with van der Waals surface area (Å²) in [6.45, 7) is 4.05. The van der Waals surface area contributed by atoms with Gasteiger partial charge in [0.1, 0.15) is 5.82 Å². The van der Waals surface area contributed by atoms with Gasteiger partial charge in [-0.2, -0.15) is 0 Å². The molecule has 0 saturated carbocycles. The van der Waals surface area contributed by atoms with Crippen molar-refractivity contribution in [1.82, 2.24) is 24.3 Å². The maximum Gasteiger partial charge on any atom is 0.321 e. The summed E-state index contributed by atoms with van der Waals surface area (Å²) in [7, 11) is 4.05. The van der Waals surface area contributed by atoms with Gasteiger partial charge in [0.2, 0.25) is 0 Å². The van der Waals surface area contributed by atoms with Gasteiger partial charge >= 0.3 is 6.03 Å². The molecule has 0 radical (unpaired) electrons. The van der Waals surface area contributed by atoms with Gasteiger partial charge in [-0.3, -0.25) is 9.88 Å². The quantitative estimate of drug-likeness (QED) is 0.915. The Morgan fingerprint density at radius 1 is 1.26 bits per heavy atom. The lowest BCUT2D eigenvalue weighted by molar-refractivity contribution is 0.110. The Bertz CT molecular complexity index is 680. The molecule has 0 bridgehead atoms. The molecule has 0 aromatic carbocycles. The van der Waals surface area contributed by atoms with Crippen molar-refractivity contribution in [2.75, 3.05) is 32.0 Å². The second-order valence-electron chi connectivity index (χ2n) is 5.96. The van der Waals surface area contributed by atoms with Gasteiger partial charge in [-0.25, -0.2) is 9.78 Å². The minimum atomic E-state index is -0.0945. The van der Waals surface area contributed by atoms with E-state index in [1.807, 2.05) is 41.8 Å². The van der Waals surface area contributed by atoms with E-state index in [2.05, 4.69) is 27.2 Å². The summed E-state index contributed by atoms with van der Waals surface area (Å²) in [5.74, 6) is 0.974. The number of rotatable bonds is 2. The first-order valence-corrected chi connectivity index (χ1v) is 7.70. The molecule has 2 aromatic rings. The maximum absolute atomic E-state index is 12.5. The van der Waals surface area contributed by atoms with Crippen molar-refractivity contribution in [3.05, 3.63) is 42.2 Å². The minimum Gasteiger partial charge on any atom is -0.337 e. The summed E-state index contributed by atoms with van der Waals surface area (Å²) >= 11 is 0. The van der Waals surface area contributed by atoms with Crippen molar-refractivity contribution in [3.63, 3.8) is 0 Å². The number of piperazine rings is 1. The van der Waals surface area contributed by atoms with E-state index >= 15 is 0 Å². The molecular weight excluding hydrogens is 292 g/mol. The summed E-state index contributed by atoms with van der Waals surface area (Å²) < 4.78 is 2.01. The fourth-order valence-electron chi connectivity index (χ4n) is 2.78. The third-order valence-corrected chi connectivity index (χ3v) is 4.25. The molecule has 0 spiro atoms. The molecule has 3 heterocycles. The van der Waals surface area contributed by atoms with Crippen LogP contribution in [0.3, 0.4) is 0 Å². The Morgan fingerprint density at radius 2 is 2.09 bits per heavy atom. The SMILES string of the molecule is Cc1ccc(NC(=O)N2CCN(C)C(c3nccn3C)C2)cn1. The standard InChI is InChI=1S/C16H22N6O/c1-12-4-5-13(10-18-12)19-16(23)22-9-8-20(2)14(11-22)15-17-6-7-21(15)3/h4-7,10,14H,8-9,11H2,1-3H3,(H,19,23). The number of likely N-dealkylation sites (N-methyl/N-ethyl adjacent to an activating group) is 1. The molecule has 7 nitrogen and oxygen atoms in total. The van der Waals surface area contributed by atoms with E-state index in [4.69, 9.17) is 0 Å². The zero-order chi connectivity index (χ0) is 16.4. The van der Waals surface area contributed by atoms with Crippen LogP contribution in [-0.4, -0.2) is 57.0 Å². The Morgan fingerprint density at radius 3 is 2.74 bits per heavy atom. The monoisotopic (exact) mass is 314 g/mol. The number of aryl methyl sites for hydroxylation is 2. The van der Waals surface area contributed by atoms with Gasteiger partial charge in [0.25, 0.3) is 0 Å². The van der Waals surface area contributed by atoms with Crippen LogP contribution in [0.25, 0.3) is 0 Å². The van der Waals surface area contributed by atoms with Crippen LogP contribution in [0.5, 0.6) is 0 Å². The molecule has 2 aromatic heterocycles. The first-order chi connectivity index (χ1) is 11.0. The van der Waals surface area contributed by atoms with Crippen LogP contribution in [0.15, 0.2) is 30.7 Å². The summed E-state index contributed by atoms with van der Waals surface area (Å²) in [5.41, 5.74) is 1.64. The van der Waals surface area contributed by atoms with Gasteiger partial charge in [0.15, 0.2) is 0 Å². The molecule has 0 aliphatic carbocycles. The van der Waals surface area contributed by atoms with Gasteiger partial charge in [-0.1, -0.05) is 0 Å². The number of amides is 2. The number of nitrogens with one attached hydrogen (secondary N) is 1. The average Bonchev–Trinajstić information content (AvgIpc) is 2.96. The molecule has 1 saturated heterocycles. The molecule has 1 aliphatic rings. The first-order valence-electron chi connectivity index (χ1n) is 7.70. The molecule has 23 heavy (non-hydrogen) atoms. The highest BCUT2D eigenvalue weighted by molar-refractivity contribution is 5.89. The molecule has 1 unspecified atom stereocenters. The smallest absolute Gasteiger partial charge is 0.321 e. The molecule has 2 amide bonds. The Balaban J connectivity index is 1.69. The fourth-order valence-corrected chi connectivity index (χ4v) is 2.78. The third kappa shape index (κ3) is 3.34. The van der Waals surface area contributed by atoms with Crippen molar-refractivity contribution in [3.8, 4) is 0 Å². The number of carbonyl (C=O) groups excluding carboxylic acids is 1. The summed E-state index contributed by atoms with van der Waals surface area (Å²) in [6, 6.07) is 3.76. The molecule has 1 atom stereocenters. The molecule has 122 valence electrons. The van der Waals surface area contributed by atoms with E-state index in [1.165, 1.54) is 0 Å². The number of hydrogen-bond acceptors (Lipinski definition) is 4. The number of hydrogen-bond donors (Lipinski definition) is 1. The second-order valence-corrected chi connectivity index (χ2v) is 5.96. The van der Waals surface area contributed by atoms with Gasteiger partial charge < -0.3 is 14.8 Å². The van der Waals surface area contributed by atoms with Gasteiger partial charge in [0.05, 0.1) is 17.9 Å². The van der Waals surface area contributed by atoms with Gasteiger partial charge in [0, 0.05) is 44.8 Å². The van der Waals surface area contributed by atoms with Crippen molar-refractivity contribution in [1.29, 1.82) is 0 Å². The summed E-state index contributed by atoms with van der Waals surface area (Å²) in [4.78, 5) is 25.2. The van der Waals surface area contributed by atoms with E-state index in [0.29, 0.717) is 18.8 Å². The molecule has 1 aliphatic heterocycles. The minimum absolute atomic E-state index is 0.0945. The van der Waals surface area contributed by atoms with E-state index < -0.39 is 0 Å². The van der Waals surface area contributed by atoms with Gasteiger partial charge in [-0.15, -0.1) is 0 Å². The number of aromatic nitrogens is 3. The Hall–Kier alpha value is -2.41. The van der Waals surface area contributed by atoms with E-state index in [0.717, 1.165) is 18.1 Å². The highest BCUT2D eigenvalue weighted by Crippen LogP contribution is 2.22. The number of pyridine rings is 1. The molecule has 3 rings (SSSR count). The lowest BCUT2D eigenvalue weighted by Gasteiger charge is -2.38. The van der Waals surface area contributed by atoms with E-state index in [-0.39, 0.29) is 12.1 Å². The number of anilines is 1. The van der Waals surface area contributed by atoms with Crippen LogP contribution in [0, 0.1) is 6.92 Å². The third-order valence-electron chi connectivity index (χ3n) is 4.25. The average molecular weight is 314 g/mol. The highest BCUT2D eigenvalue weighted by Gasteiger charge is 2.30. The highest BCUT2D eigenvalue weighted by atomic mass is 16.2. The summed E-state index contributed by atoms with van der Waals surface area (Å²) in [5, 5.41) is 2.91. The normalized spacial score (nSPS) is 18.9. The van der Waals surface area contributed by atoms with Crippen LogP contribution >= 0.6 is 0 Å². The van der Waals surface area contributed by atoms with E-state index in [1.54, 1.807) is 12.4 Å². The summed E-state index contributed by atoms with van der Waals surface area (Å²) in [6.07, 6.45) is 5.40. The van der Waals surface area contributed by atoms with Crippen LogP contribution < -0.4 is 5.32 Å². The van der Waals surface area contributed by atoms with Gasteiger partial charge in [-0.05, 0) is 26.1 Å². The molecule has 1 N–H and O–H groups in total. The van der Waals surface area contributed by atoms with Crippen LogP contribution in [0.4, 0.5) is 10.5 Å². The number of nitrogens with zero attached hydrogens (tertiary/aromatic N) is 5. The molecule has 7 heteroatoms. The lowest BCUT2D eigenvalue weighted by atomic mass is 10.1. The largest absolute Gasteiger partial charge is 0.337 e. The van der Waals surface area contributed by atoms with Crippen molar-refractivity contribution in [2.24, 2.45) is 7.05 Å². The predicted molar refractivity (Wildman–Crippen MR) is 88.1 cm³/mol. The lowest BCUT2D eigenvalue weighted by Crippen LogP contribution is -2.50. The number of urea groups is 1. The van der Waals surface area contributed by atoms with Crippen molar-refractivity contribution >= 4 is 11.7 Å². The number of carbonyl (C=O) groups is 1. The first kappa shape index (κ1) is 15.5. The van der Waals surface area contributed by atoms with Crippen LogP contribution in [-0.2, 0) is 7.05 Å². The van der Waals surface area contributed by atoms with Crippen LogP contribution in [0.2, 0.25) is 0 Å². The topological polar surface area (TPSA) is 66.3 Å². The Kier molecular flexibility index (Phi) is 4.29. The van der Waals surface area contributed by atoms with E-state index in [9.17, 15) is 4.79 Å². The zero-order valence-corrected chi connectivity index (χ0v) is 13.7. The number of imidazole rings is 1. The Labute approximate surface area is 135 Å². The zero-order valence-electron chi connectivity index (χ0n) is 13.7.